The number of nitrogens with zero attached hydrogens (tertiary/aromatic N) is 2. The Hall–Kier alpha value is -0.640. The molecule has 1 heterocycles. The largest absolute Gasteiger partial charge is 0.337 e. The Labute approximate surface area is 148 Å². The second-order valence-corrected chi connectivity index (χ2v) is 8.05. The van der Waals surface area contributed by atoms with E-state index in [0.717, 1.165) is 38.4 Å². The predicted octanol–water partition coefficient (Wildman–Crippen LogP) is 4.55. The number of alkyl halides is 1. The van der Waals surface area contributed by atoms with Crippen molar-refractivity contribution in [1.29, 1.82) is 0 Å². The maximum Gasteiger partial charge on any atom is 0.219 e. The lowest BCUT2D eigenvalue weighted by molar-refractivity contribution is -0.135. The highest BCUT2D eigenvalue weighted by Crippen LogP contribution is 2.27. The molecule has 3 nitrogen and oxygen atoms in total. The maximum absolute atomic E-state index is 13.1. The van der Waals surface area contributed by atoms with Gasteiger partial charge in [0, 0.05) is 38.1 Å². The fourth-order valence-corrected chi connectivity index (χ4v) is 4.69. The smallest absolute Gasteiger partial charge is 0.219 e. The van der Waals surface area contributed by atoms with E-state index >= 15 is 0 Å². The summed E-state index contributed by atoms with van der Waals surface area (Å²) in [5.41, 5.74) is 0. The first-order valence-electron chi connectivity index (χ1n) is 10.2. The number of likely N-dealkylation sites (tertiary alicyclic amines) is 1. The summed E-state index contributed by atoms with van der Waals surface area (Å²) in [6.07, 6.45) is 10.9. The van der Waals surface area contributed by atoms with E-state index < -0.39 is 6.17 Å². The second kappa shape index (κ2) is 9.74. The van der Waals surface area contributed by atoms with Gasteiger partial charge in [0.2, 0.25) is 5.91 Å². The first-order valence-corrected chi connectivity index (χ1v) is 10.2. The standard InChI is InChI=1S/C20H37FN2O/c1-16(21)10-11-17(2)23(18(3)24)20-12-14-22(15-13-20)19-8-6-4-5-7-9-19/h16-17,19-20H,4-15H2,1-3H3. The Kier molecular flexibility index (Phi) is 7.99. The summed E-state index contributed by atoms with van der Waals surface area (Å²) >= 11 is 0. The fourth-order valence-electron chi connectivity index (χ4n) is 4.69. The van der Waals surface area contributed by atoms with Crippen molar-refractivity contribution in [3.63, 3.8) is 0 Å². The van der Waals surface area contributed by atoms with Gasteiger partial charge in [-0.2, -0.15) is 0 Å². The minimum absolute atomic E-state index is 0.148. The van der Waals surface area contributed by atoms with E-state index in [4.69, 9.17) is 0 Å². The zero-order valence-electron chi connectivity index (χ0n) is 16.0. The van der Waals surface area contributed by atoms with Crippen LogP contribution in [0.15, 0.2) is 0 Å². The van der Waals surface area contributed by atoms with Crippen molar-refractivity contribution < 1.29 is 9.18 Å². The maximum atomic E-state index is 13.1. The average Bonchev–Trinajstić information content (AvgIpc) is 2.83. The predicted molar refractivity (Wildman–Crippen MR) is 97.9 cm³/mol. The van der Waals surface area contributed by atoms with Crippen LogP contribution in [0.1, 0.15) is 85.0 Å². The quantitative estimate of drug-likeness (QED) is 0.662. The number of hydrogen-bond donors (Lipinski definition) is 0. The molecule has 2 fully saturated rings. The van der Waals surface area contributed by atoms with E-state index in [0.29, 0.717) is 12.5 Å². The zero-order chi connectivity index (χ0) is 17.5. The summed E-state index contributed by atoms with van der Waals surface area (Å²) in [5.74, 6) is 0.155. The van der Waals surface area contributed by atoms with Gasteiger partial charge >= 0.3 is 0 Å². The monoisotopic (exact) mass is 340 g/mol. The van der Waals surface area contributed by atoms with Gasteiger partial charge in [0.25, 0.3) is 0 Å². The normalized spacial score (nSPS) is 24.3. The average molecular weight is 341 g/mol. The van der Waals surface area contributed by atoms with Gasteiger partial charge in [0.15, 0.2) is 0 Å². The number of rotatable bonds is 6. The molecule has 2 aliphatic rings. The Morgan fingerprint density at radius 1 is 1.04 bits per heavy atom. The third-order valence-corrected chi connectivity index (χ3v) is 6.05. The summed E-state index contributed by atoms with van der Waals surface area (Å²) in [5, 5.41) is 0. The highest BCUT2D eigenvalue weighted by atomic mass is 19.1. The molecule has 2 unspecified atom stereocenters. The van der Waals surface area contributed by atoms with Crippen molar-refractivity contribution in [2.24, 2.45) is 0 Å². The molecule has 1 aliphatic carbocycles. The fraction of sp³-hybridized carbons (Fsp3) is 0.950. The number of halogens is 1. The molecule has 4 heteroatoms. The molecule has 0 spiro atoms. The molecule has 140 valence electrons. The van der Waals surface area contributed by atoms with E-state index in [-0.39, 0.29) is 11.9 Å². The lowest BCUT2D eigenvalue weighted by Crippen LogP contribution is -2.52. The number of piperidine rings is 1. The zero-order valence-corrected chi connectivity index (χ0v) is 16.0. The van der Waals surface area contributed by atoms with E-state index in [2.05, 4.69) is 11.8 Å². The van der Waals surface area contributed by atoms with Crippen molar-refractivity contribution in [2.45, 2.75) is 109 Å². The number of amides is 1. The van der Waals surface area contributed by atoms with Crippen molar-refractivity contribution in [2.75, 3.05) is 13.1 Å². The van der Waals surface area contributed by atoms with Gasteiger partial charge in [-0.25, -0.2) is 4.39 Å². The Balaban J connectivity index is 1.86. The van der Waals surface area contributed by atoms with Crippen molar-refractivity contribution in [3.8, 4) is 0 Å². The molecule has 2 atom stereocenters. The minimum atomic E-state index is -0.779. The molecule has 0 aromatic carbocycles. The summed E-state index contributed by atoms with van der Waals surface area (Å²) < 4.78 is 13.1. The van der Waals surface area contributed by atoms with Crippen LogP contribution in [0.5, 0.6) is 0 Å². The molecule has 1 aliphatic heterocycles. The molecule has 0 N–H and O–H groups in total. The van der Waals surface area contributed by atoms with Crippen LogP contribution < -0.4 is 0 Å². The van der Waals surface area contributed by atoms with E-state index in [1.165, 1.54) is 38.5 Å². The Morgan fingerprint density at radius 2 is 1.62 bits per heavy atom. The topological polar surface area (TPSA) is 23.6 Å². The van der Waals surface area contributed by atoms with Gasteiger partial charge in [-0.1, -0.05) is 25.7 Å². The van der Waals surface area contributed by atoms with Crippen LogP contribution in [0.2, 0.25) is 0 Å². The van der Waals surface area contributed by atoms with E-state index in [1.807, 2.05) is 4.90 Å². The summed E-state index contributed by atoms with van der Waals surface area (Å²) in [6.45, 7) is 7.60. The molecule has 1 saturated heterocycles. The molecule has 0 radical (unpaired) electrons. The van der Waals surface area contributed by atoms with Gasteiger partial charge in [0.05, 0.1) is 6.17 Å². The van der Waals surface area contributed by atoms with Gasteiger partial charge in [-0.3, -0.25) is 4.79 Å². The SMILES string of the molecule is CC(=O)N(C(C)CCC(C)F)C1CCN(C2CCCCCC2)CC1. The van der Waals surface area contributed by atoms with Crippen LogP contribution in [0.4, 0.5) is 4.39 Å². The Bertz CT molecular complexity index is 372. The molecular formula is C20H37FN2O. The third-order valence-electron chi connectivity index (χ3n) is 6.05. The van der Waals surface area contributed by atoms with Crippen molar-refractivity contribution in [3.05, 3.63) is 0 Å². The van der Waals surface area contributed by atoms with Gasteiger partial charge < -0.3 is 9.80 Å². The van der Waals surface area contributed by atoms with Crippen LogP contribution in [0, 0.1) is 0 Å². The lowest BCUT2D eigenvalue weighted by Gasteiger charge is -2.43. The van der Waals surface area contributed by atoms with Crippen LogP contribution in [-0.2, 0) is 4.79 Å². The first kappa shape index (κ1) is 19.7. The summed E-state index contributed by atoms with van der Waals surface area (Å²) in [4.78, 5) is 16.9. The minimum Gasteiger partial charge on any atom is -0.337 e. The second-order valence-electron chi connectivity index (χ2n) is 8.05. The number of hydrogen-bond acceptors (Lipinski definition) is 2. The third kappa shape index (κ3) is 5.72. The highest BCUT2D eigenvalue weighted by Gasteiger charge is 2.31. The van der Waals surface area contributed by atoms with Gasteiger partial charge in [0.1, 0.15) is 0 Å². The number of carbonyl (C=O) groups excluding carboxylic acids is 1. The van der Waals surface area contributed by atoms with E-state index in [1.54, 1.807) is 13.8 Å². The number of carbonyl (C=O) groups is 1. The van der Waals surface area contributed by atoms with Crippen molar-refractivity contribution >= 4 is 5.91 Å². The van der Waals surface area contributed by atoms with Crippen LogP contribution in [0.3, 0.4) is 0 Å². The molecule has 1 saturated carbocycles. The Morgan fingerprint density at radius 3 is 2.12 bits per heavy atom. The molecular weight excluding hydrogens is 303 g/mol. The van der Waals surface area contributed by atoms with Gasteiger partial charge in [-0.05, 0) is 52.4 Å². The molecule has 1 amide bonds. The lowest BCUT2D eigenvalue weighted by atomic mass is 9.96. The highest BCUT2D eigenvalue weighted by molar-refractivity contribution is 5.74. The molecule has 0 aromatic heterocycles. The van der Waals surface area contributed by atoms with Crippen LogP contribution >= 0.6 is 0 Å². The van der Waals surface area contributed by atoms with Gasteiger partial charge in [-0.15, -0.1) is 0 Å². The van der Waals surface area contributed by atoms with Crippen molar-refractivity contribution in [1.82, 2.24) is 9.80 Å². The van der Waals surface area contributed by atoms with E-state index in [9.17, 15) is 9.18 Å². The van der Waals surface area contributed by atoms with Crippen LogP contribution in [0.25, 0.3) is 0 Å². The summed E-state index contributed by atoms with van der Waals surface area (Å²) in [7, 11) is 0. The molecule has 24 heavy (non-hydrogen) atoms. The molecule has 2 rings (SSSR count). The first-order chi connectivity index (χ1) is 11.5. The van der Waals surface area contributed by atoms with Crippen LogP contribution in [-0.4, -0.2) is 53.1 Å². The summed E-state index contributed by atoms with van der Waals surface area (Å²) in [6, 6.07) is 1.26. The molecule has 0 aromatic rings. The molecule has 0 bridgehead atoms.